The molecule has 0 saturated heterocycles. The molecule has 100 valence electrons. The van der Waals surface area contributed by atoms with Gasteiger partial charge < -0.3 is 5.11 Å². The number of ketones is 1. The molecule has 2 unspecified atom stereocenters. The van der Waals surface area contributed by atoms with E-state index in [-0.39, 0.29) is 17.3 Å². The molecule has 0 amide bonds. The molecule has 1 N–H and O–H groups in total. The number of carbonyl (C=O) groups excluding carboxylic acids is 1. The molecule has 2 aliphatic carbocycles. The SMILES string of the molecule is CC12CCCC1C(c1cc(F)c(O)cc1F)=CC2=O. The Morgan fingerprint density at radius 1 is 1.32 bits per heavy atom. The molecular weight excluding hydrogens is 250 g/mol. The fourth-order valence-electron chi connectivity index (χ4n) is 3.39. The van der Waals surface area contributed by atoms with E-state index in [1.807, 2.05) is 6.92 Å². The molecule has 0 aromatic heterocycles. The smallest absolute Gasteiger partial charge is 0.165 e. The molecular formula is C15H14F2O2. The lowest BCUT2D eigenvalue weighted by molar-refractivity contribution is -0.122. The van der Waals surface area contributed by atoms with E-state index in [9.17, 15) is 13.6 Å². The van der Waals surface area contributed by atoms with Gasteiger partial charge in [0.25, 0.3) is 0 Å². The van der Waals surface area contributed by atoms with Gasteiger partial charge in [-0.15, -0.1) is 0 Å². The first-order chi connectivity index (χ1) is 8.93. The van der Waals surface area contributed by atoms with Crippen molar-refractivity contribution in [2.75, 3.05) is 0 Å². The predicted octanol–water partition coefficient (Wildman–Crippen LogP) is 3.44. The van der Waals surface area contributed by atoms with Crippen LogP contribution in [0.3, 0.4) is 0 Å². The van der Waals surface area contributed by atoms with Crippen molar-refractivity contribution in [2.45, 2.75) is 26.2 Å². The van der Waals surface area contributed by atoms with Gasteiger partial charge in [0.1, 0.15) is 5.82 Å². The van der Waals surface area contributed by atoms with Gasteiger partial charge in [-0.05, 0) is 36.5 Å². The Labute approximate surface area is 109 Å². The van der Waals surface area contributed by atoms with Crippen LogP contribution in [0.25, 0.3) is 5.57 Å². The normalized spacial score (nSPS) is 29.5. The Balaban J connectivity index is 2.11. The van der Waals surface area contributed by atoms with E-state index in [4.69, 9.17) is 5.11 Å². The van der Waals surface area contributed by atoms with Crippen molar-refractivity contribution >= 4 is 11.4 Å². The minimum atomic E-state index is -0.864. The number of aromatic hydroxyl groups is 1. The molecule has 0 bridgehead atoms. The zero-order valence-corrected chi connectivity index (χ0v) is 10.5. The second kappa shape index (κ2) is 3.89. The van der Waals surface area contributed by atoms with Gasteiger partial charge in [0.2, 0.25) is 0 Å². The van der Waals surface area contributed by atoms with Crippen molar-refractivity contribution < 1.29 is 18.7 Å². The Morgan fingerprint density at radius 2 is 2.05 bits per heavy atom. The summed E-state index contributed by atoms with van der Waals surface area (Å²) < 4.78 is 27.3. The van der Waals surface area contributed by atoms with Crippen molar-refractivity contribution in [2.24, 2.45) is 11.3 Å². The molecule has 2 atom stereocenters. The fourth-order valence-corrected chi connectivity index (χ4v) is 3.39. The Hall–Kier alpha value is -1.71. The van der Waals surface area contributed by atoms with Crippen LogP contribution in [0.4, 0.5) is 8.78 Å². The molecule has 4 heteroatoms. The summed E-state index contributed by atoms with van der Waals surface area (Å²) in [5, 5.41) is 9.16. The maximum absolute atomic E-state index is 13.9. The lowest BCUT2D eigenvalue weighted by Gasteiger charge is -2.24. The topological polar surface area (TPSA) is 37.3 Å². The largest absolute Gasteiger partial charge is 0.505 e. The average molecular weight is 264 g/mol. The van der Waals surface area contributed by atoms with Gasteiger partial charge in [0, 0.05) is 17.0 Å². The van der Waals surface area contributed by atoms with Gasteiger partial charge in [-0.25, -0.2) is 8.78 Å². The van der Waals surface area contributed by atoms with Crippen molar-refractivity contribution in [1.29, 1.82) is 0 Å². The summed E-state index contributed by atoms with van der Waals surface area (Å²) in [6, 6.07) is 1.74. The molecule has 1 saturated carbocycles. The van der Waals surface area contributed by atoms with Gasteiger partial charge in [0.15, 0.2) is 17.3 Å². The number of phenolic OH excluding ortho intramolecular Hbond substituents is 1. The number of rotatable bonds is 1. The van der Waals surface area contributed by atoms with Crippen LogP contribution in [-0.4, -0.2) is 10.9 Å². The van der Waals surface area contributed by atoms with E-state index in [1.54, 1.807) is 0 Å². The summed E-state index contributed by atoms with van der Waals surface area (Å²) in [6.45, 7) is 1.89. The summed E-state index contributed by atoms with van der Waals surface area (Å²) in [5.74, 6) is -2.30. The second-order valence-corrected chi connectivity index (χ2v) is 5.61. The fraction of sp³-hybridized carbons (Fsp3) is 0.400. The molecule has 1 aromatic carbocycles. The van der Waals surface area contributed by atoms with Gasteiger partial charge in [-0.3, -0.25) is 4.79 Å². The minimum Gasteiger partial charge on any atom is -0.505 e. The number of fused-ring (bicyclic) bond motifs is 1. The van der Waals surface area contributed by atoms with Crippen LogP contribution in [0.15, 0.2) is 18.2 Å². The number of allylic oxidation sites excluding steroid dienone is 2. The standard InChI is InChI=1S/C15H14F2O2/c1-15-4-2-3-10(15)8(6-14(15)19)9-5-12(17)13(18)7-11(9)16/h5-7,10,18H,2-4H2,1H3. The van der Waals surface area contributed by atoms with Crippen LogP contribution in [0.2, 0.25) is 0 Å². The molecule has 1 aromatic rings. The third kappa shape index (κ3) is 1.62. The number of phenols is 1. The summed E-state index contributed by atoms with van der Waals surface area (Å²) in [6.07, 6.45) is 3.97. The second-order valence-electron chi connectivity index (χ2n) is 5.61. The first-order valence-electron chi connectivity index (χ1n) is 6.38. The summed E-state index contributed by atoms with van der Waals surface area (Å²) in [4.78, 5) is 12.1. The molecule has 0 heterocycles. The Kier molecular flexibility index (Phi) is 2.52. The van der Waals surface area contributed by atoms with E-state index >= 15 is 0 Å². The molecule has 19 heavy (non-hydrogen) atoms. The quantitative estimate of drug-likeness (QED) is 0.843. The molecule has 1 fully saturated rings. The molecule has 0 radical (unpaired) electrons. The van der Waals surface area contributed by atoms with Crippen LogP contribution < -0.4 is 0 Å². The van der Waals surface area contributed by atoms with Gasteiger partial charge >= 0.3 is 0 Å². The zero-order valence-electron chi connectivity index (χ0n) is 10.5. The van der Waals surface area contributed by atoms with Crippen LogP contribution in [-0.2, 0) is 4.79 Å². The monoisotopic (exact) mass is 264 g/mol. The highest BCUT2D eigenvalue weighted by atomic mass is 19.1. The highest BCUT2D eigenvalue weighted by molar-refractivity contribution is 6.07. The number of benzene rings is 1. The Bertz CT molecular complexity index is 606. The summed E-state index contributed by atoms with van der Waals surface area (Å²) in [5.41, 5.74) is 0.205. The molecule has 2 nitrogen and oxygen atoms in total. The molecule has 0 aliphatic heterocycles. The van der Waals surface area contributed by atoms with E-state index in [0.29, 0.717) is 5.57 Å². The third-order valence-electron chi connectivity index (χ3n) is 4.53. The van der Waals surface area contributed by atoms with Gasteiger partial charge in [0.05, 0.1) is 0 Å². The van der Waals surface area contributed by atoms with Crippen LogP contribution >= 0.6 is 0 Å². The van der Waals surface area contributed by atoms with E-state index in [1.165, 1.54) is 6.08 Å². The maximum atomic E-state index is 13.9. The first kappa shape index (κ1) is 12.3. The van der Waals surface area contributed by atoms with Crippen molar-refractivity contribution in [3.05, 3.63) is 35.4 Å². The number of hydrogen-bond donors (Lipinski definition) is 1. The van der Waals surface area contributed by atoms with Crippen LogP contribution in [0, 0.1) is 23.0 Å². The van der Waals surface area contributed by atoms with E-state index in [2.05, 4.69) is 0 Å². The van der Waals surface area contributed by atoms with Gasteiger partial charge in [-0.2, -0.15) is 0 Å². The highest BCUT2D eigenvalue weighted by Gasteiger charge is 2.50. The number of halogens is 2. The Morgan fingerprint density at radius 3 is 2.79 bits per heavy atom. The maximum Gasteiger partial charge on any atom is 0.165 e. The van der Waals surface area contributed by atoms with Crippen molar-refractivity contribution in [1.82, 2.24) is 0 Å². The lowest BCUT2D eigenvalue weighted by Crippen LogP contribution is -2.25. The van der Waals surface area contributed by atoms with Gasteiger partial charge in [-0.1, -0.05) is 13.3 Å². The predicted molar refractivity (Wildman–Crippen MR) is 66.5 cm³/mol. The number of hydrogen-bond acceptors (Lipinski definition) is 2. The number of carbonyl (C=O) groups is 1. The highest BCUT2D eigenvalue weighted by Crippen LogP contribution is 2.55. The average Bonchev–Trinajstić information content (AvgIpc) is 2.83. The van der Waals surface area contributed by atoms with E-state index in [0.717, 1.165) is 31.4 Å². The first-order valence-corrected chi connectivity index (χ1v) is 6.38. The minimum absolute atomic E-state index is 0.00196. The van der Waals surface area contributed by atoms with Crippen LogP contribution in [0.1, 0.15) is 31.7 Å². The third-order valence-corrected chi connectivity index (χ3v) is 4.53. The molecule has 3 rings (SSSR count). The van der Waals surface area contributed by atoms with E-state index < -0.39 is 22.8 Å². The summed E-state index contributed by atoms with van der Waals surface area (Å²) >= 11 is 0. The lowest BCUT2D eigenvalue weighted by atomic mass is 9.78. The van der Waals surface area contributed by atoms with Crippen LogP contribution in [0.5, 0.6) is 5.75 Å². The zero-order chi connectivity index (χ0) is 13.8. The van der Waals surface area contributed by atoms with Crippen molar-refractivity contribution in [3.63, 3.8) is 0 Å². The van der Waals surface area contributed by atoms with Crippen molar-refractivity contribution in [3.8, 4) is 5.75 Å². The molecule has 0 spiro atoms. The molecule has 2 aliphatic rings. The summed E-state index contributed by atoms with van der Waals surface area (Å²) in [7, 11) is 0.